The maximum absolute atomic E-state index is 11.7. The SMILES string of the molecule is CCCCCCCCCCC(=O)/C=C/c1ccc(N)cc1. The highest BCUT2D eigenvalue weighted by atomic mass is 16.1. The third-order valence-electron chi connectivity index (χ3n) is 3.67. The maximum atomic E-state index is 11.7. The van der Waals surface area contributed by atoms with Crippen LogP contribution in [0.5, 0.6) is 0 Å². The predicted octanol–water partition coefficient (Wildman–Crippen LogP) is 5.38. The van der Waals surface area contributed by atoms with E-state index in [1.807, 2.05) is 30.3 Å². The summed E-state index contributed by atoms with van der Waals surface area (Å²) in [6, 6.07) is 7.55. The molecule has 0 aromatic heterocycles. The summed E-state index contributed by atoms with van der Waals surface area (Å²) in [5.41, 5.74) is 7.39. The normalized spacial score (nSPS) is 11.1. The fourth-order valence-corrected chi connectivity index (χ4v) is 2.31. The molecule has 0 fully saturated rings. The molecule has 0 aliphatic heterocycles. The number of benzene rings is 1. The molecule has 1 aromatic rings. The molecule has 0 saturated carbocycles. The molecule has 0 bridgehead atoms. The lowest BCUT2D eigenvalue weighted by atomic mass is 10.1. The molecule has 2 heteroatoms. The Hall–Kier alpha value is -1.57. The van der Waals surface area contributed by atoms with Crippen LogP contribution < -0.4 is 5.73 Å². The van der Waals surface area contributed by atoms with Crippen LogP contribution in [0.15, 0.2) is 30.3 Å². The van der Waals surface area contributed by atoms with Crippen molar-refractivity contribution in [1.29, 1.82) is 0 Å². The quantitative estimate of drug-likeness (QED) is 0.337. The molecule has 0 aliphatic carbocycles. The number of anilines is 1. The standard InChI is InChI=1S/C19H29NO/c1-2-3-4-5-6-7-8-9-10-19(21)16-13-17-11-14-18(20)15-12-17/h11-16H,2-10,20H2,1H3/b16-13+. The van der Waals surface area contributed by atoms with Gasteiger partial charge in [-0.1, -0.05) is 70.1 Å². The lowest BCUT2D eigenvalue weighted by Gasteiger charge is -2.00. The first-order chi connectivity index (χ1) is 10.2. The molecule has 0 aliphatic rings. The summed E-state index contributed by atoms with van der Waals surface area (Å²) in [6.45, 7) is 2.24. The van der Waals surface area contributed by atoms with Crippen molar-refractivity contribution < 1.29 is 4.79 Å². The molecule has 0 amide bonds. The van der Waals surface area contributed by atoms with Crippen LogP contribution in [0.2, 0.25) is 0 Å². The van der Waals surface area contributed by atoms with E-state index in [1.165, 1.54) is 44.9 Å². The van der Waals surface area contributed by atoms with Gasteiger partial charge in [0.2, 0.25) is 0 Å². The molecule has 1 rings (SSSR count). The van der Waals surface area contributed by atoms with Gasteiger partial charge in [0.15, 0.2) is 5.78 Å². The second-order valence-electron chi connectivity index (χ2n) is 5.69. The molecule has 21 heavy (non-hydrogen) atoms. The molecular weight excluding hydrogens is 258 g/mol. The number of unbranched alkanes of at least 4 members (excludes halogenated alkanes) is 7. The first-order valence-electron chi connectivity index (χ1n) is 8.29. The summed E-state index contributed by atoms with van der Waals surface area (Å²) >= 11 is 0. The van der Waals surface area contributed by atoms with E-state index in [9.17, 15) is 4.79 Å². The molecule has 116 valence electrons. The molecule has 0 saturated heterocycles. The van der Waals surface area contributed by atoms with Gasteiger partial charge in [0.05, 0.1) is 0 Å². The summed E-state index contributed by atoms with van der Waals surface area (Å²) in [6.07, 6.45) is 14.3. The van der Waals surface area contributed by atoms with E-state index in [2.05, 4.69) is 6.92 Å². The Morgan fingerprint density at radius 3 is 2.14 bits per heavy atom. The average Bonchev–Trinajstić information content (AvgIpc) is 2.49. The second kappa shape index (κ2) is 11.1. The number of hydrogen-bond acceptors (Lipinski definition) is 2. The molecule has 0 radical (unpaired) electrons. The predicted molar refractivity (Wildman–Crippen MR) is 92.1 cm³/mol. The minimum atomic E-state index is 0.220. The Morgan fingerprint density at radius 2 is 1.52 bits per heavy atom. The molecule has 1 aromatic carbocycles. The Kier molecular flexibility index (Phi) is 9.26. The molecule has 2 N–H and O–H groups in total. The number of hydrogen-bond donors (Lipinski definition) is 1. The minimum Gasteiger partial charge on any atom is -0.399 e. The van der Waals surface area contributed by atoms with E-state index in [0.717, 1.165) is 17.7 Å². The Bertz CT molecular complexity index is 420. The summed E-state index contributed by atoms with van der Waals surface area (Å²) in [5.74, 6) is 0.220. The van der Waals surface area contributed by atoms with Crippen molar-refractivity contribution in [2.75, 3.05) is 5.73 Å². The van der Waals surface area contributed by atoms with Gasteiger partial charge in [-0.25, -0.2) is 0 Å². The van der Waals surface area contributed by atoms with Gasteiger partial charge in [0.1, 0.15) is 0 Å². The van der Waals surface area contributed by atoms with Crippen LogP contribution in [0.1, 0.15) is 70.3 Å². The van der Waals surface area contributed by atoms with E-state index in [1.54, 1.807) is 6.08 Å². The van der Waals surface area contributed by atoms with Crippen LogP contribution in [-0.2, 0) is 4.79 Å². The van der Waals surface area contributed by atoms with Crippen molar-refractivity contribution in [2.45, 2.75) is 64.7 Å². The van der Waals surface area contributed by atoms with Crippen LogP contribution >= 0.6 is 0 Å². The second-order valence-corrected chi connectivity index (χ2v) is 5.69. The molecule has 2 nitrogen and oxygen atoms in total. The highest BCUT2D eigenvalue weighted by Crippen LogP contribution is 2.11. The van der Waals surface area contributed by atoms with Crippen LogP contribution in [0, 0.1) is 0 Å². The number of nitrogen functional groups attached to an aromatic ring is 1. The fourth-order valence-electron chi connectivity index (χ4n) is 2.31. The Balaban J connectivity index is 2.07. The largest absolute Gasteiger partial charge is 0.399 e. The zero-order valence-corrected chi connectivity index (χ0v) is 13.3. The van der Waals surface area contributed by atoms with Gasteiger partial charge in [-0.15, -0.1) is 0 Å². The number of ketones is 1. The molecule has 0 spiro atoms. The van der Waals surface area contributed by atoms with Gasteiger partial charge in [-0.3, -0.25) is 4.79 Å². The topological polar surface area (TPSA) is 43.1 Å². The fraction of sp³-hybridized carbons (Fsp3) is 0.526. The average molecular weight is 287 g/mol. The van der Waals surface area contributed by atoms with Gasteiger partial charge in [-0.05, 0) is 30.2 Å². The molecule has 0 unspecified atom stereocenters. The highest BCUT2D eigenvalue weighted by Gasteiger charge is 1.97. The van der Waals surface area contributed by atoms with E-state index in [-0.39, 0.29) is 5.78 Å². The van der Waals surface area contributed by atoms with E-state index in [4.69, 9.17) is 5.73 Å². The van der Waals surface area contributed by atoms with Crippen LogP contribution in [-0.4, -0.2) is 5.78 Å². The van der Waals surface area contributed by atoms with Crippen molar-refractivity contribution >= 4 is 17.5 Å². The van der Waals surface area contributed by atoms with Crippen LogP contribution in [0.4, 0.5) is 5.69 Å². The van der Waals surface area contributed by atoms with Gasteiger partial charge in [0, 0.05) is 12.1 Å². The summed E-state index contributed by atoms with van der Waals surface area (Å²) in [7, 11) is 0. The lowest BCUT2D eigenvalue weighted by molar-refractivity contribution is -0.114. The van der Waals surface area contributed by atoms with Crippen LogP contribution in [0.25, 0.3) is 6.08 Å². The van der Waals surface area contributed by atoms with Crippen molar-refractivity contribution in [3.63, 3.8) is 0 Å². The van der Waals surface area contributed by atoms with Gasteiger partial charge in [0.25, 0.3) is 0 Å². The van der Waals surface area contributed by atoms with E-state index < -0.39 is 0 Å². The Morgan fingerprint density at radius 1 is 0.952 bits per heavy atom. The van der Waals surface area contributed by atoms with Crippen molar-refractivity contribution in [2.24, 2.45) is 0 Å². The first kappa shape index (κ1) is 17.5. The van der Waals surface area contributed by atoms with Crippen molar-refractivity contribution in [3.8, 4) is 0 Å². The lowest BCUT2D eigenvalue weighted by Crippen LogP contribution is -1.92. The third kappa shape index (κ3) is 9.06. The number of allylic oxidation sites excluding steroid dienone is 1. The molecule has 0 atom stereocenters. The zero-order valence-electron chi connectivity index (χ0n) is 13.3. The zero-order chi connectivity index (χ0) is 15.3. The molecule has 0 heterocycles. The summed E-state index contributed by atoms with van der Waals surface area (Å²) in [5, 5.41) is 0. The monoisotopic (exact) mass is 287 g/mol. The summed E-state index contributed by atoms with van der Waals surface area (Å²) < 4.78 is 0. The Labute approximate surface area is 129 Å². The van der Waals surface area contributed by atoms with Crippen molar-refractivity contribution in [1.82, 2.24) is 0 Å². The number of carbonyl (C=O) groups is 1. The van der Waals surface area contributed by atoms with Gasteiger partial charge >= 0.3 is 0 Å². The van der Waals surface area contributed by atoms with E-state index >= 15 is 0 Å². The minimum absolute atomic E-state index is 0.220. The maximum Gasteiger partial charge on any atom is 0.155 e. The van der Waals surface area contributed by atoms with Gasteiger partial charge in [-0.2, -0.15) is 0 Å². The summed E-state index contributed by atoms with van der Waals surface area (Å²) in [4.78, 5) is 11.7. The number of rotatable bonds is 11. The number of carbonyl (C=O) groups excluding carboxylic acids is 1. The smallest absolute Gasteiger partial charge is 0.155 e. The molecular formula is C19H29NO. The third-order valence-corrected chi connectivity index (χ3v) is 3.67. The first-order valence-corrected chi connectivity index (χ1v) is 8.29. The van der Waals surface area contributed by atoms with Crippen molar-refractivity contribution in [3.05, 3.63) is 35.9 Å². The highest BCUT2D eigenvalue weighted by molar-refractivity contribution is 5.93. The van der Waals surface area contributed by atoms with Gasteiger partial charge < -0.3 is 5.73 Å². The van der Waals surface area contributed by atoms with Crippen LogP contribution in [0.3, 0.4) is 0 Å². The van der Waals surface area contributed by atoms with E-state index in [0.29, 0.717) is 6.42 Å². The number of nitrogens with two attached hydrogens (primary N) is 1.